The molecule has 6 aromatic rings. The van der Waals surface area contributed by atoms with E-state index in [0.717, 1.165) is 85.1 Å². The lowest BCUT2D eigenvalue weighted by Gasteiger charge is -2.36. The van der Waals surface area contributed by atoms with E-state index >= 15 is 0 Å². The van der Waals surface area contributed by atoms with Gasteiger partial charge in [0.1, 0.15) is 5.58 Å². The molecule has 1 N–H and O–H groups in total. The molecule has 19 heteroatoms. The number of non-ortho nitro benzene ring substituents is 2. The number of nitro benzene ring substituents is 2. The first-order chi connectivity index (χ1) is 27.2. The Kier molecular flexibility index (Phi) is 10.5. The number of carbonyl (C=O) groups excluding carboxylic acids is 1. The zero-order chi connectivity index (χ0) is 40.5. The van der Waals surface area contributed by atoms with Crippen LogP contribution in [0.4, 0.5) is 17.1 Å². The Balaban J connectivity index is 0.953. The molecule has 1 saturated heterocycles. The van der Waals surface area contributed by atoms with Gasteiger partial charge in [-0.1, -0.05) is 12.1 Å². The number of rotatable bonds is 13. The van der Waals surface area contributed by atoms with Crippen LogP contribution in [0.3, 0.4) is 0 Å². The van der Waals surface area contributed by atoms with Crippen LogP contribution in [-0.2, 0) is 26.5 Å². The van der Waals surface area contributed by atoms with Gasteiger partial charge in [-0.15, -0.1) is 0 Å². The van der Waals surface area contributed by atoms with E-state index in [0.29, 0.717) is 33.9 Å². The number of aryl methyl sites for hydroxylation is 1. The summed E-state index contributed by atoms with van der Waals surface area (Å²) in [5.41, 5.74) is 2.02. The van der Waals surface area contributed by atoms with Gasteiger partial charge in [-0.25, -0.2) is 25.5 Å². The van der Waals surface area contributed by atoms with E-state index < -0.39 is 46.4 Å². The van der Waals surface area contributed by atoms with Crippen molar-refractivity contribution in [3.63, 3.8) is 0 Å². The quantitative estimate of drug-likeness (QED) is 0.0854. The highest BCUT2D eigenvalue weighted by Gasteiger charge is 2.26. The van der Waals surface area contributed by atoms with Gasteiger partial charge in [0.25, 0.3) is 31.4 Å². The average Bonchev–Trinajstić information content (AvgIpc) is 3.81. The normalized spacial score (nSPS) is 13.8. The lowest BCUT2D eigenvalue weighted by molar-refractivity contribution is -0.385. The number of furan rings is 1. The standard InChI is InChI=1S/C38H33N7O10S2/c39-24-26-10-12-35-34(19-26)27(25-43(35)57(53,54)33-9-4-7-31(23-33)45(49)50)5-1-2-14-41-15-17-42(18-16-41)29-11-13-36-28(20-29)21-37(55-36)38(46)40-56(51,52)32-8-3-6-30(22-32)44(47)48/h3-4,6-13,19-23,25H,1-2,5,14-18H2,(H,40,46). The predicted molar refractivity (Wildman–Crippen MR) is 208 cm³/mol. The van der Waals surface area contributed by atoms with Gasteiger partial charge in [0.2, 0.25) is 0 Å². The maximum atomic E-state index is 13.7. The topological polar surface area (TPSA) is 232 Å². The fourth-order valence-corrected chi connectivity index (χ4v) is 9.25. The van der Waals surface area contributed by atoms with Crippen LogP contribution in [0.15, 0.2) is 111 Å². The number of hydrogen-bond acceptors (Lipinski definition) is 13. The summed E-state index contributed by atoms with van der Waals surface area (Å²) < 4.78 is 61.5. The number of anilines is 1. The number of nitrogens with one attached hydrogen (secondary N) is 1. The summed E-state index contributed by atoms with van der Waals surface area (Å²) in [5, 5.41) is 33.1. The summed E-state index contributed by atoms with van der Waals surface area (Å²) in [6, 6.07) is 23.0. The maximum Gasteiger partial charge on any atom is 0.300 e. The van der Waals surface area contributed by atoms with Crippen LogP contribution < -0.4 is 9.62 Å². The molecule has 1 aliphatic heterocycles. The number of hydrogen-bond donors (Lipinski definition) is 1. The fourth-order valence-electron chi connectivity index (χ4n) is 6.82. The van der Waals surface area contributed by atoms with Gasteiger partial charge >= 0.3 is 5.91 Å². The van der Waals surface area contributed by atoms with E-state index in [2.05, 4.69) is 15.9 Å². The van der Waals surface area contributed by atoms with Crippen LogP contribution >= 0.6 is 0 Å². The number of sulfonamides is 1. The number of carbonyl (C=O) groups is 1. The largest absolute Gasteiger partial charge is 0.451 e. The zero-order valence-electron chi connectivity index (χ0n) is 30.0. The number of nitriles is 1. The lowest BCUT2D eigenvalue weighted by atomic mass is 10.1. The number of benzene rings is 4. The zero-order valence-corrected chi connectivity index (χ0v) is 31.6. The van der Waals surface area contributed by atoms with E-state index in [-0.39, 0.29) is 16.3 Å². The second-order valence-corrected chi connectivity index (χ2v) is 16.9. The predicted octanol–water partition coefficient (Wildman–Crippen LogP) is 5.58. The molecule has 0 unspecified atom stereocenters. The Hall–Kier alpha value is -6.62. The van der Waals surface area contributed by atoms with Gasteiger partial charge in [-0.2, -0.15) is 5.26 Å². The van der Waals surface area contributed by atoms with Crippen molar-refractivity contribution in [2.24, 2.45) is 0 Å². The van der Waals surface area contributed by atoms with E-state index in [4.69, 9.17) is 4.42 Å². The second kappa shape index (κ2) is 15.5. The minimum atomic E-state index is -4.41. The first kappa shape index (κ1) is 38.6. The molecule has 1 fully saturated rings. The minimum absolute atomic E-state index is 0.212. The second-order valence-electron chi connectivity index (χ2n) is 13.4. The molecule has 0 aliphatic carbocycles. The number of aromatic nitrogens is 1. The van der Waals surface area contributed by atoms with Gasteiger partial charge in [0.15, 0.2) is 5.76 Å². The molecule has 2 aromatic heterocycles. The Labute approximate surface area is 325 Å². The average molecular weight is 812 g/mol. The molecule has 0 bridgehead atoms. The Morgan fingerprint density at radius 1 is 0.825 bits per heavy atom. The minimum Gasteiger partial charge on any atom is -0.451 e. The molecule has 1 amide bonds. The summed E-state index contributed by atoms with van der Waals surface area (Å²) in [6.07, 6.45) is 3.65. The third kappa shape index (κ3) is 8.05. The summed E-state index contributed by atoms with van der Waals surface area (Å²) in [4.78, 5) is 37.7. The van der Waals surface area contributed by atoms with E-state index in [1.165, 1.54) is 42.6 Å². The van der Waals surface area contributed by atoms with Crippen molar-refractivity contribution in [2.45, 2.75) is 29.1 Å². The van der Waals surface area contributed by atoms with E-state index in [1.54, 1.807) is 18.2 Å². The summed E-state index contributed by atoms with van der Waals surface area (Å²) in [6.45, 7) is 3.80. The van der Waals surface area contributed by atoms with Crippen LogP contribution in [-0.4, -0.2) is 74.2 Å². The molecule has 57 heavy (non-hydrogen) atoms. The van der Waals surface area contributed by atoms with Crippen molar-refractivity contribution in [3.8, 4) is 6.07 Å². The Morgan fingerprint density at radius 2 is 1.51 bits per heavy atom. The van der Waals surface area contributed by atoms with Crippen LogP contribution in [0, 0.1) is 31.6 Å². The molecule has 17 nitrogen and oxygen atoms in total. The van der Waals surface area contributed by atoms with Crippen molar-refractivity contribution >= 4 is 64.9 Å². The van der Waals surface area contributed by atoms with Gasteiger partial charge in [0, 0.05) is 73.1 Å². The molecular weight excluding hydrogens is 779 g/mol. The molecule has 4 aromatic carbocycles. The lowest BCUT2D eigenvalue weighted by Crippen LogP contribution is -2.46. The van der Waals surface area contributed by atoms with Crippen LogP contribution in [0.1, 0.15) is 34.5 Å². The molecule has 0 saturated carbocycles. The van der Waals surface area contributed by atoms with E-state index in [9.17, 15) is 47.1 Å². The van der Waals surface area contributed by atoms with Crippen molar-refractivity contribution < 1.29 is 35.9 Å². The number of nitro groups is 2. The first-order valence-electron chi connectivity index (χ1n) is 17.6. The molecule has 0 radical (unpaired) electrons. The maximum absolute atomic E-state index is 13.7. The SMILES string of the molecule is N#Cc1ccc2c(c1)c(CCCCN1CCN(c3ccc4oc(C(=O)NS(=O)(=O)c5cccc([N+](=O)[O-])c5)cc4c3)CC1)cn2S(=O)(=O)c1cccc([N+](=O)[O-])c1. The number of nitrogens with zero attached hydrogens (tertiary/aromatic N) is 6. The van der Waals surface area contributed by atoms with Crippen LogP contribution in [0.2, 0.25) is 0 Å². The third-order valence-corrected chi connectivity index (χ3v) is 12.8. The monoisotopic (exact) mass is 811 g/mol. The van der Waals surface area contributed by atoms with Gasteiger partial charge in [-0.3, -0.25) is 29.9 Å². The molecule has 0 spiro atoms. The van der Waals surface area contributed by atoms with Crippen molar-refractivity contribution in [3.05, 3.63) is 134 Å². The Morgan fingerprint density at radius 3 is 2.19 bits per heavy atom. The van der Waals surface area contributed by atoms with Gasteiger partial charge < -0.3 is 9.32 Å². The summed E-state index contributed by atoms with van der Waals surface area (Å²) in [5.74, 6) is -1.25. The highest BCUT2D eigenvalue weighted by Crippen LogP contribution is 2.30. The van der Waals surface area contributed by atoms with Crippen LogP contribution in [0.25, 0.3) is 21.9 Å². The van der Waals surface area contributed by atoms with Crippen molar-refractivity contribution in [1.82, 2.24) is 13.6 Å². The van der Waals surface area contributed by atoms with Gasteiger partial charge in [-0.05, 0) is 86.0 Å². The molecule has 292 valence electrons. The molecule has 1 aliphatic rings. The number of amides is 1. The fraction of sp³-hybridized carbons (Fsp3) is 0.211. The Bertz CT molecular complexity index is 2840. The highest BCUT2D eigenvalue weighted by atomic mass is 32.2. The smallest absolute Gasteiger partial charge is 0.300 e. The van der Waals surface area contributed by atoms with Crippen molar-refractivity contribution in [2.75, 3.05) is 37.6 Å². The molecular formula is C38H33N7O10S2. The van der Waals surface area contributed by atoms with Gasteiger partial charge in [0.05, 0.1) is 36.8 Å². The molecule has 7 rings (SSSR count). The number of fused-ring (bicyclic) bond motifs is 2. The first-order valence-corrected chi connectivity index (χ1v) is 20.5. The summed E-state index contributed by atoms with van der Waals surface area (Å²) >= 11 is 0. The highest BCUT2D eigenvalue weighted by molar-refractivity contribution is 7.90. The number of piperazine rings is 1. The molecule has 3 heterocycles. The van der Waals surface area contributed by atoms with Crippen LogP contribution in [0.5, 0.6) is 0 Å². The summed E-state index contributed by atoms with van der Waals surface area (Å²) in [7, 11) is -8.59. The van der Waals surface area contributed by atoms with E-state index in [1.807, 2.05) is 16.9 Å². The number of unbranched alkanes of at least 4 members (excludes halogenated alkanes) is 1. The third-order valence-electron chi connectivity index (χ3n) is 9.76. The molecule has 0 atom stereocenters. The van der Waals surface area contributed by atoms with Crippen molar-refractivity contribution in [1.29, 1.82) is 5.26 Å².